The minimum Gasteiger partial charge on any atom is -0.325 e. The third-order valence-corrected chi connectivity index (χ3v) is 6.54. The fourth-order valence-electron chi connectivity index (χ4n) is 4.51. The summed E-state index contributed by atoms with van der Waals surface area (Å²) in [5.74, 6) is 0.561. The lowest BCUT2D eigenvalue weighted by Crippen LogP contribution is -2.64. The largest absolute Gasteiger partial charge is 0.328 e. The molecule has 0 saturated carbocycles. The van der Waals surface area contributed by atoms with Gasteiger partial charge in [-0.2, -0.15) is 0 Å². The molecule has 2 aromatic carbocycles. The molecule has 0 aliphatic carbocycles. The minimum atomic E-state index is -0.505. The highest BCUT2D eigenvalue weighted by atomic mass is 35.5. The second-order valence-corrected chi connectivity index (χ2v) is 8.53. The van der Waals surface area contributed by atoms with Gasteiger partial charge in [-0.15, -0.1) is 0 Å². The van der Waals surface area contributed by atoms with E-state index in [0.717, 1.165) is 30.2 Å². The van der Waals surface area contributed by atoms with Gasteiger partial charge in [-0.1, -0.05) is 42.8 Å². The number of hydrogen-bond acceptors (Lipinski definition) is 5. The van der Waals surface area contributed by atoms with Crippen LogP contribution in [0.15, 0.2) is 53.5 Å². The molecule has 0 spiro atoms. The number of urea groups is 1. The van der Waals surface area contributed by atoms with Crippen molar-refractivity contribution in [3.63, 3.8) is 0 Å². The average Bonchev–Trinajstić information content (AvgIpc) is 3.36. The number of rotatable bonds is 4. The van der Waals surface area contributed by atoms with Crippen molar-refractivity contribution in [1.29, 1.82) is 0 Å². The van der Waals surface area contributed by atoms with Crippen LogP contribution in [0.1, 0.15) is 18.1 Å². The zero-order valence-corrected chi connectivity index (χ0v) is 18.3. The number of hydrogen-bond donors (Lipinski definition) is 0. The van der Waals surface area contributed by atoms with Gasteiger partial charge < -0.3 is 14.7 Å². The monoisotopic (exact) mass is 437 g/mol. The van der Waals surface area contributed by atoms with Gasteiger partial charge in [-0.25, -0.2) is 9.79 Å². The van der Waals surface area contributed by atoms with Gasteiger partial charge in [0.2, 0.25) is 5.96 Å². The molecule has 0 bridgehead atoms. The quantitative estimate of drug-likeness (QED) is 0.737. The summed E-state index contributed by atoms with van der Waals surface area (Å²) in [7, 11) is 1.72. The maximum Gasteiger partial charge on any atom is 0.328 e. The Hall–Kier alpha value is -3.06. The predicted molar refractivity (Wildman–Crippen MR) is 120 cm³/mol. The zero-order valence-electron chi connectivity index (χ0n) is 17.5. The lowest BCUT2D eigenvalue weighted by molar-refractivity contribution is -0.137. The Labute approximate surface area is 186 Å². The molecule has 2 unspecified atom stereocenters. The molecule has 31 heavy (non-hydrogen) atoms. The first kappa shape index (κ1) is 19.9. The van der Waals surface area contributed by atoms with Crippen molar-refractivity contribution in [2.45, 2.75) is 32.1 Å². The SMILES string of the molecule is CCc1ccc(N2CCN3C2=NC2C3C(=O)N(Cc3ccc(Cl)cc3)C(=O)N2C)cc1. The van der Waals surface area contributed by atoms with Crippen molar-refractivity contribution in [3.8, 4) is 0 Å². The van der Waals surface area contributed by atoms with Crippen molar-refractivity contribution < 1.29 is 9.59 Å². The number of halogens is 1. The highest BCUT2D eigenvalue weighted by Gasteiger charge is 2.54. The summed E-state index contributed by atoms with van der Waals surface area (Å²) in [6, 6.07) is 14.8. The molecule has 3 aliphatic heterocycles. The number of aliphatic imine (C=N–C) groups is 1. The Bertz CT molecular complexity index is 1050. The summed E-state index contributed by atoms with van der Waals surface area (Å²) in [4.78, 5) is 38.3. The molecular weight excluding hydrogens is 414 g/mol. The number of benzene rings is 2. The summed E-state index contributed by atoms with van der Waals surface area (Å²) in [5, 5.41) is 0.621. The number of aryl methyl sites for hydroxylation is 1. The Morgan fingerprint density at radius 2 is 1.68 bits per heavy atom. The first-order chi connectivity index (χ1) is 15.0. The molecule has 2 fully saturated rings. The van der Waals surface area contributed by atoms with E-state index >= 15 is 0 Å². The van der Waals surface area contributed by atoms with E-state index in [4.69, 9.17) is 16.6 Å². The van der Waals surface area contributed by atoms with Gasteiger partial charge in [-0.05, 0) is 41.8 Å². The topological polar surface area (TPSA) is 59.5 Å². The Morgan fingerprint density at radius 1 is 1.00 bits per heavy atom. The Balaban J connectivity index is 1.41. The smallest absolute Gasteiger partial charge is 0.325 e. The van der Waals surface area contributed by atoms with Crippen LogP contribution in [0.4, 0.5) is 10.5 Å². The first-order valence-corrected chi connectivity index (χ1v) is 10.9. The number of guanidine groups is 1. The number of carbonyl (C=O) groups is 2. The van der Waals surface area contributed by atoms with Gasteiger partial charge in [0.05, 0.1) is 6.54 Å². The maximum atomic E-state index is 13.4. The second-order valence-electron chi connectivity index (χ2n) is 8.10. The molecule has 0 radical (unpaired) electrons. The van der Waals surface area contributed by atoms with Crippen LogP contribution in [0.5, 0.6) is 0 Å². The molecule has 3 aliphatic rings. The molecule has 0 N–H and O–H groups in total. The van der Waals surface area contributed by atoms with E-state index in [1.807, 2.05) is 17.0 Å². The molecule has 160 valence electrons. The number of carbonyl (C=O) groups excluding carboxylic acids is 2. The van der Waals surface area contributed by atoms with Gasteiger partial charge in [0.25, 0.3) is 5.91 Å². The van der Waals surface area contributed by atoms with E-state index in [-0.39, 0.29) is 18.5 Å². The van der Waals surface area contributed by atoms with E-state index < -0.39 is 12.2 Å². The third-order valence-electron chi connectivity index (χ3n) is 6.29. The van der Waals surface area contributed by atoms with Gasteiger partial charge in [-0.3, -0.25) is 9.69 Å². The molecule has 2 aromatic rings. The summed E-state index contributed by atoms with van der Waals surface area (Å²) in [6.45, 7) is 3.80. The van der Waals surface area contributed by atoms with E-state index in [9.17, 15) is 9.59 Å². The number of imide groups is 1. The van der Waals surface area contributed by atoms with Crippen LogP contribution in [0, 0.1) is 0 Å². The molecule has 3 amide bonds. The van der Waals surface area contributed by atoms with Crippen molar-refractivity contribution in [3.05, 3.63) is 64.7 Å². The molecule has 5 rings (SSSR count). The van der Waals surface area contributed by atoms with Gasteiger partial charge in [0.1, 0.15) is 0 Å². The zero-order chi connectivity index (χ0) is 21.7. The maximum absolute atomic E-state index is 13.4. The van der Waals surface area contributed by atoms with Crippen LogP contribution in [0.3, 0.4) is 0 Å². The third kappa shape index (κ3) is 3.24. The number of amides is 3. The highest BCUT2D eigenvalue weighted by Crippen LogP contribution is 2.34. The highest BCUT2D eigenvalue weighted by molar-refractivity contribution is 6.30. The lowest BCUT2D eigenvalue weighted by atomic mass is 10.1. The standard InChI is InChI=1S/C23H24ClN5O2/c1-3-15-6-10-18(11-7-15)27-12-13-28-19-20(25-22(27)28)26(2)23(31)29(21(19)30)14-16-4-8-17(24)9-5-16/h4-11,19-20H,3,12-14H2,1-2H3. The second kappa shape index (κ2) is 7.57. The fourth-order valence-corrected chi connectivity index (χ4v) is 4.64. The molecule has 0 aromatic heterocycles. The van der Waals surface area contributed by atoms with Crippen LogP contribution < -0.4 is 4.90 Å². The van der Waals surface area contributed by atoms with Crippen molar-refractivity contribution in [2.75, 3.05) is 25.0 Å². The van der Waals surface area contributed by atoms with E-state index in [2.05, 4.69) is 36.1 Å². The average molecular weight is 438 g/mol. The van der Waals surface area contributed by atoms with Gasteiger partial charge in [0.15, 0.2) is 12.2 Å². The predicted octanol–water partition coefficient (Wildman–Crippen LogP) is 3.18. The summed E-state index contributed by atoms with van der Waals surface area (Å²) < 4.78 is 0. The lowest BCUT2D eigenvalue weighted by Gasteiger charge is -2.40. The van der Waals surface area contributed by atoms with Crippen LogP contribution in [-0.4, -0.2) is 64.9 Å². The molecule has 3 heterocycles. The van der Waals surface area contributed by atoms with Gasteiger partial charge in [0, 0.05) is 30.8 Å². The first-order valence-electron chi connectivity index (χ1n) is 10.5. The van der Waals surface area contributed by atoms with Crippen molar-refractivity contribution in [2.24, 2.45) is 4.99 Å². The van der Waals surface area contributed by atoms with Crippen molar-refractivity contribution in [1.82, 2.24) is 14.7 Å². The molecule has 2 atom stereocenters. The van der Waals surface area contributed by atoms with Crippen LogP contribution >= 0.6 is 11.6 Å². The fraction of sp³-hybridized carbons (Fsp3) is 0.348. The molecular formula is C23H24ClN5O2. The molecule has 8 heteroatoms. The van der Waals surface area contributed by atoms with Crippen LogP contribution in [0.25, 0.3) is 0 Å². The summed E-state index contributed by atoms with van der Waals surface area (Å²) in [5.41, 5.74) is 3.19. The number of nitrogens with zero attached hydrogens (tertiary/aromatic N) is 5. The molecule has 2 saturated heterocycles. The van der Waals surface area contributed by atoms with E-state index in [0.29, 0.717) is 11.6 Å². The van der Waals surface area contributed by atoms with Crippen LogP contribution in [-0.2, 0) is 17.8 Å². The Kier molecular flexibility index (Phi) is 4.85. The van der Waals surface area contributed by atoms with E-state index in [1.54, 1.807) is 24.1 Å². The number of anilines is 1. The summed E-state index contributed by atoms with van der Waals surface area (Å²) >= 11 is 5.97. The molecule has 7 nitrogen and oxygen atoms in total. The van der Waals surface area contributed by atoms with Gasteiger partial charge >= 0.3 is 6.03 Å². The van der Waals surface area contributed by atoms with Crippen LogP contribution in [0.2, 0.25) is 5.02 Å². The summed E-state index contributed by atoms with van der Waals surface area (Å²) in [6.07, 6.45) is 0.483. The van der Waals surface area contributed by atoms with E-state index in [1.165, 1.54) is 10.5 Å². The normalized spacial score (nSPS) is 22.7. The van der Waals surface area contributed by atoms with Crippen molar-refractivity contribution >= 4 is 35.2 Å². The number of likely N-dealkylation sites (N-methyl/N-ethyl adjacent to an activating group) is 1. The Morgan fingerprint density at radius 3 is 2.35 bits per heavy atom. The minimum absolute atomic E-state index is 0.204. The number of fused-ring (bicyclic) bond motifs is 3.